The third-order valence-corrected chi connectivity index (χ3v) is 5.30. The van der Waals surface area contributed by atoms with Crippen LogP contribution in [0.1, 0.15) is 43.8 Å². The predicted molar refractivity (Wildman–Crippen MR) is 86.4 cm³/mol. The molecule has 2 aromatic rings. The Morgan fingerprint density at radius 3 is 2.58 bits per heavy atom. The Morgan fingerprint density at radius 1 is 1.27 bits per heavy atom. The van der Waals surface area contributed by atoms with Crippen LogP contribution in [0, 0.1) is 12.8 Å². The second kappa shape index (κ2) is 5.65. The number of fused-ring (bicyclic) bond motifs is 1. The molecule has 0 aromatic carbocycles. The number of nitrogens with one attached hydrogen (secondary N) is 1. The molecule has 0 spiro atoms. The van der Waals surface area contributed by atoms with Crippen molar-refractivity contribution in [2.75, 3.05) is 5.32 Å². The van der Waals surface area contributed by atoms with Crippen molar-refractivity contribution in [2.45, 2.75) is 56.9 Å². The molecule has 1 unspecified atom stereocenters. The van der Waals surface area contributed by atoms with E-state index in [0.717, 1.165) is 25.0 Å². The van der Waals surface area contributed by atoms with Gasteiger partial charge in [-0.15, -0.1) is 0 Å². The van der Waals surface area contributed by atoms with Crippen LogP contribution in [0.2, 0.25) is 0 Å². The largest absolute Gasteiger partial charge is 0.313 e. The molecule has 9 heteroatoms. The SMILES string of the molecule is Cc1ccc2nc(NC(=O)CC3CC(F)(F)C3(F)F)n(C3CCC3)c2n1. The van der Waals surface area contributed by atoms with Crippen molar-refractivity contribution in [1.82, 2.24) is 14.5 Å². The monoisotopic (exact) mass is 370 g/mol. The highest BCUT2D eigenvalue weighted by atomic mass is 19.3. The van der Waals surface area contributed by atoms with Crippen LogP contribution in [-0.2, 0) is 4.79 Å². The molecule has 140 valence electrons. The highest BCUT2D eigenvalue weighted by Gasteiger charge is 2.71. The van der Waals surface area contributed by atoms with Gasteiger partial charge < -0.3 is 0 Å². The van der Waals surface area contributed by atoms with E-state index >= 15 is 0 Å². The quantitative estimate of drug-likeness (QED) is 0.825. The van der Waals surface area contributed by atoms with Gasteiger partial charge in [0.1, 0.15) is 5.52 Å². The Hall–Kier alpha value is -2.19. The predicted octanol–water partition coefficient (Wildman–Crippen LogP) is 4.08. The van der Waals surface area contributed by atoms with E-state index in [9.17, 15) is 22.4 Å². The van der Waals surface area contributed by atoms with E-state index in [4.69, 9.17) is 0 Å². The number of anilines is 1. The number of halogens is 4. The van der Waals surface area contributed by atoms with E-state index in [1.165, 1.54) is 0 Å². The zero-order chi connectivity index (χ0) is 18.7. The lowest BCUT2D eigenvalue weighted by Gasteiger charge is -2.43. The van der Waals surface area contributed by atoms with Crippen molar-refractivity contribution in [3.63, 3.8) is 0 Å². The Labute approximate surface area is 146 Å². The number of carbonyl (C=O) groups excluding carboxylic acids is 1. The number of hydrogen-bond donors (Lipinski definition) is 1. The van der Waals surface area contributed by atoms with E-state index in [1.54, 1.807) is 12.1 Å². The summed E-state index contributed by atoms with van der Waals surface area (Å²) in [4.78, 5) is 21.0. The maximum atomic E-state index is 13.4. The Kier molecular flexibility index (Phi) is 3.75. The first-order chi connectivity index (χ1) is 12.2. The molecule has 2 fully saturated rings. The number of carbonyl (C=O) groups is 1. The van der Waals surface area contributed by atoms with Gasteiger partial charge in [0.2, 0.25) is 11.9 Å². The van der Waals surface area contributed by atoms with E-state index < -0.39 is 36.5 Å². The van der Waals surface area contributed by atoms with Crippen LogP contribution in [0.25, 0.3) is 11.2 Å². The first-order valence-corrected chi connectivity index (χ1v) is 8.60. The lowest BCUT2D eigenvalue weighted by molar-refractivity contribution is -0.313. The zero-order valence-corrected chi connectivity index (χ0v) is 14.1. The summed E-state index contributed by atoms with van der Waals surface area (Å²) >= 11 is 0. The van der Waals surface area contributed by atoms with Crippen LogP contribution in [0.4, 0.5) is 23.5 Å². The van der Waals surface area contributed by atoms with Crippen molar-refractivity contribution in [3.8, 4) is 0 Å². The summed E-state index contributed by atoms with van der Waals surface area (Å²) < 4.78 is 54.5. The lowest BCUT2D eigenvalue weighted by atomic mass is 9.74. The molecule has 1 atom stereocenters. The average Bonchev–Trinajstić information content (AvgIpc) is 2.82. The summed E-state index contributed by atoms with van der Waals surface area (Å²) in [6, 6.07) is 3.71. The second-order valence-electron chi connectivity index (χ2n) is 7.17. The van der Waals surface area contributed by atoms with Crippen molar-refractivity contribution >= 4 is 23.0 Å². The van der Waals surface area contributed by atoms with Crippen LogP contribution >= 0.6 is 0 Å². The zero-order valence-electron chi connectivity index (χ0n) is 14.1. The van der Waals surface area contributed by atoms with Gasteiger partial charge in [-0.2, -0.15) is 17.6 Å². The minimum Gasteiger partial charge on any atom is -0.296 e. The minimum absolute atomic E-state index is 0.138. The van der Waals surface area contributed by atoms with Gasteiger partial charge in [0.25, 0.3) is 0 Å². The first-order valence-electron chi connectivity index (χ1n) is 8.60. The highest BCUT2D eigenvalue weighted by Crippen LogP contribution is 2.56. The molecule has 4 rings (SSSR count). The smallest absolute Gasteiger partial charge is 0.296 e. The number of hydrogen-bond acceptors (Lipinski definition) is 3. The Bertz CT molecular complexity index is 875. The van der Waals surface area contributed by atoms with Gasteiger partial charge >= 0.3 is 11.8 Å². The van der Waals surface area contributed by atoms with Crippen LogP contribution in [-0.4, -0.2) is 32.3 Å². The molecule has 0 aliphatic heterocycles. The molecule has 2 heterocycles. The molecule has 2 aromatic heterocycles. The third-order valence-electron chi connectivity index (χ3n) is 5.30. The second-order valence-corrected chi connectivity index (χ2v) is 7.17. The molecule has 2 aliphatic carbocycles. The topological polar surface area (TPSA) is 59.8 Å². The summed E-state index contributed by atoms with van der Waals surface area (Å²) in [5.74, 6) is -10.3. The summed E-state index contributed by atoms with van der Waals surface area (Å²) in [5.41, 5.74) is 2.02. The molecular formula is C17H18F4N4O. The van der Waals surface area contributed by atoms with Gasteiger partial charge in [0.05, 0.1) is 0 Å². The highest BCUT2D eigenvalue weighted by molar-refractivity contribution is 5.91. The third kappa shape index (κ3) is 2.55. The molecule has 1 amide bonds. The maximum Gasteiger partial charge on any atom is 0.313 e. The van der Waals surface area contributed by atoms with Crippen molar-refractivity contribution in [3.05, 3.63) is 17.8 Å². The minimum atomic E-state index is -4.14. The normalized spacial score (nSPS) is 24.1. The van der Waals surface area contributed by atoms with Gasteiger partial charge in [-0.05, 0) is 38.3 Å². The molecule has 26 heavy (non-hydrogen) atoms. The number of aromatic nitrogens is 3. The van der Waals surface area contributed by atoms with Crippen molar-refractivity contribution in [1.29, 1.82) is 0 Å². The number of amides is 1. The van der Waals surface area contributed by atoms with Crippen LogP contribution < -0.4 is 5.32 Å². The first kappa shape index (κ1) is 17.2. The number of nitrogens with zero attached hydrogens (tertiary/aromatic N) is 3. The fraction of sp³-hybridized carbons (Fsp3) is 0.588. The molecule has 2 aliphatic rings. The number of alkyl halides is 4. The van der Waals surface area contributed by atoms with Gasteiger partial charge in [-0.25, -0.2) is 9.97 Å². The molecule has 0 bridgehead atoms. The summed E-state index contributed by atoms with van der Waals surface area (Å²) in [5, 5.41) is 2.53. The molecule has 0 radical (unpaired) electrons. The van der Waals surface area contributed by atoms with Crippen LogP contribution in [0.5, 0.6) is 0 Å². The molecule has 2 saturated carbocycles. The molecule has 0 saturated heterocycles. The lowest BCUT2D eigenvalue weighted by Crippen LogP contribution is -2.59. The molecule has 1 N–H and O–H groups in total. The van der Waals surface area contributed by atoms with E-state index in [-0.39, 0.29) is 12.0 Å². The van der Waals surface area contributed by atoms with E-state index in [1.807, 2.05) is 11.5 Å². The van der Waals surface area contributed by atoms with Gasteiger partial charge in [0, 0.05) is 30.5 Å². The van der Waals surface area contributed by atoms with Crippen LogP contribution in [0.3, 0.4) is 0 Å². The molecular weight excluding hydrogens is 352 g/mol. The molecule has 5 nitrogen and oxygen atoms in total. The summed E-state index contributed by atoms with van der Waals surface area (Å²) in [7, 11) is 0. The van der Waals surface area contributed by atoms with Gasteiger partial charge in [-0.3, -0.25) is 14.7 Å². The van der Waals surface area contributed by atoms with E-state index in [0.29, 0.717) is 11.2 Å². The summed E-state index contributed by atoms with van der Waals surface area (Å²) in [6.07, 6.45) is 1.23. The number of aryl methyl sites for hydroxylation is 1. The van der Waals surface area contributed by atoms with Gasteiger partial charge in [-0.1, -0.05) is 0 Å². The van der Waals surface area contributed by atoms with Crippen LogP contribution in [0.15, 0.2) is 12.1 Å². The van der Waals surface area contributed by atoms with Gasteiger partial charge in [0.15, 0.2) is 5.65 Å². The fourth-order valence-corrected chi connectivity index (χ4v) is 3.49. The number of rotatable bonds is 4. The standard InChI is InChI=1S/C17H18F4N4O/c1-9-5-6-12-14(22-9)25(11-3-2-4-11)15(23-12)24-13(26)7-10-8-16(18,19)17(10,20)21/h5-6,10-11H,2-4,7-8H2,1H3,(H,23,24,26). The Balaban J connectivity index is 1.56. The fourth-order valence-electron chi connectivity index (χ4n) is 3.49. The number of imidazole rings is 1. The average molecular weight is 370 g/mol. The summed E-state index contributed by atoms with van der Waals surface area (Å²) in [6.45, 7) is 1.84. The van der Waals surface area contributed by atoms with Crippen molar-refractivity contribution in [2.24, 2.45) is 5.92 Å². The van der Waals surface area contributed by atoms with Crippen molar-refractivity contribution < 1.29 is 22.4 Å². The van der Waals surface area contributed by atoms with E-state index in [2.05, 4.69) is 15.3 Å². The maximum absolute atomic E-state index is 13.4. The number of pyridine rings is 1. The Morgan fingerprint density at radius 2 is 2.00 bits per heavy atom.